The van der Waals surface area contributed by atoms with Gasteiger partial charge in [0.05, 0.1) is 0 Å². The van der Waals surface area contributed by atoms with Crippen molar-refractivity contribution in [3.63, 3.8) is 0 Å². The van der Waals surface area contributed by atoms with Crippen LogP contribution in [0.4, 0.5) is 0 Å². The van der Waals surface area contributed by atoms with E-state index in [0.717, 1.165) is 6.42 Å². The molecule has 3 heteroatoms. The van der Waals surface area contributed by atoms with Crippen molar-refractivity contribution in [2.24, 2.45) is 5.73 Å². The van der Waals surface area contributed by atoms with Crippen molar-refractivity contribution in [2.45, 2.75) is 44.1 Å². The fourth-order valence-electron chi connectivity index (χ4n) is 2.20. The summed E-state index contributed by atoms with van der Waals surface area (Å²) in [5, 5.41) is 2.13. The van der Waals surface area contributed by atoms with E-state index >= 15 is 0 Å². The largest absolute Gasteiger partial charge is 0.325 e. The second kappa shape index (κ2) is 4.33. The van der Waals surface area contributed by atoms with Crippen molar-refractivity contribution >= 4 is 27.3 Å². The van der Waals surface area contributed by atoms with Gasteiger partial charge in [-0.05, 0) is 40.2 Å². The quantitative estimate of drug-likeness (QED) is 0.874. The lowest BCUT2D eigenvalue weighted by Crippen LogP contribution is -2.43. The zero-order valence-electron chi connectivity index (χ0n) is 8.26. The van der Waals surface area contributed by atoms with Gasteiger partial charge < -0.3 is 5.73 Å². The number of hydrogen-bond donors (Lipinski definition) is 1. The molecule has 14 heavy (non-hydrogen) atoms. The molecule has 1 aliphatic carbocycles. The summed E-state index contributed by atoms with van der Waals surface area (Å²) >= 11 is 5.39. The Bertz CT molecular complexity index is 302. The van der Waals surface area contributed by atoms with E-state index in [4.69, 9.17) is 5.73 Å². The lowest BCUT2D eigenvalue weighted by atomic mass is 9.80. The molecule has 1 fully saturated rings. The molecule has 0 aliphatic heterocycles. The monoisotopic (exact) mass is 273 g/mol. The number of nitrogens with two attached hydrogens (primary N) is 1. The van der Waals surface area contributed by atoms with Crippen LogP contribution >= 0.6 is 27.3 Å². The van der Waals surface area contributed by atoms with Crippen LogP contribution in [-0.2, 0) is 6.42 Å². The maximum absolute atomic E-state index is 6.40. The molecule has 78 valence electrons. The van der Waals surface area contributed by atoms with Gasteiger partial charge >= 0.3 is 0 Å². The van der Waals surface area contributed by atoms with Crippen molar-refractivity contribution in [2.75, 3.05) is 0 Å². The van der Waals surface area contributed by atoms with Crippen molar-refractivity contribution in [1.29, 1.82) is 0 Å². The first-order valence-corrected chi connectivity index (χ1v) is 6.88. The first-order valence-electron chi connectivity index (χ1n) is 5.20. The maximum atomic E-state index is 6.40. The molecule has 2 N–H and O–H groups in total. The fourth-order valence-corrected chi connectivity index (χ4v) is 3.85. The second-order valence-electron chi connectivity index (χ2n) is 4.29. The van der Waals surface area contributed by atoms with Gasteiger partial charge in [0.1, 0.15) is 0 Å². The number of rotatable bonds is 2. The summed E-state index contributed by atoms with van der Waals surface area (Å²) in [6.07, 6.45) is 7.41. The summed E-state index contributed by atoms with van der Waals surface area (Å²) in [6, 6.07) is 2.12. The Kier molecular flexibility index (Phi) is 3.30. The molecule has 1 saturated carbocycles. The molecule has 1 heterocycles. The number of thiophene rings is 1. The molecule has 0 unspecified atom stereocenters. The smallest absolute Gasteiger partial charge is 0.0315 e. The highest BCUT2D eigenvalue weighted by Gasteiger charge is 2.28. The van der Waals surface area contributed by atoms with Crippen LogP contribution in [-0.4, -0.2) is 5.54 Å². The minimum absolute atomic E-state index is 0.0750. The zero-order chi connectivity index (χ0) is 10.0. The third-order valence-electron chi connectivity index (χ3n) is 3.05. The van der Waals surface area contributed by atoms with Gasteiger partial charge in [-0.2, -0.15) is 0 Å². The van der Waals surface area contributed by atoms with Crippen LogP contribution in [0.1, 0.15) is 37.0 Å². The molecule has 1 nitrogen and oxygen atoms in total. The van der Waals surface area contributed by atoms with E-state index in [1.165, 1.54) is 41.5 Å². The molecule has 1 aromatic rings. The first-order chi connectivity index (χ1) is 6.70. The normalized spacial score (nSPS) is 21.0. The standard InChI is InChI=1S/C11H16BrNS/c12-9-4-7-14-10(9)8-11(13)5-2-1-3-6-11/h4,7H,1-3,5-6,8,13H2. The van der Waals surface area contributed by atoms with Gasteiger partial charge in [-0.15, -0.1) is 11.3 Å². The Morgan fingerprint density at radius 1 is 1.36 bits per heavy atom. The third-order valence-corrected chi connectivity index (χ3v) is 4.98. The highest BCUT2D eigenvalue weighted by Crippen LogP contribution is 2.33. The predicted octanol–water partition coefficient (Wildman–Crippen LogP) is 3.71. The number of halogens is 1. The van der Waals surface area contributed by atoms with Gasteiger partial charge in [0.2, 0.25) is 0 Å². The average Bonchev–Trinajstić information content (AvgIpc) is 2.52. The Labute approximate surface area is 97.8 Å². The molecule has 0 atom stereocenters. The molecule has 0 bridgehead atoms. The van der Waals surface area contributed by atoms with Gasteiger partial charge in [-0.1, -0.05) is 19.3 Å². The van der Waals surface area contributed by atoms with Crippen molar-refractivity contribution in [3.05, 3.63) is 20.8 Å². The van der Waals surface area contributed by atoms with Crippen LogP contribution in [0.5, 0.6) is 0 Å². The molecular formula is C11H16BrNS. The minimum atomic E-state index is 0.0750. The van der Waals surface area contributed by atoms with E-state index in [-0.39, 0.29) is 5.54 Å². The summed E-state index contributed by atoms with van der Waals surface area (Å²) in [5.41, 5.74) is 6.48. The Balaban J connectivity index is 2.05. The van der Waals surface area contributed by atoms with Crippen molar-refractivity contribution in [3.8, 4) is 0 Å². The van der Waals surface area contributed by atoms with E-state index in [1.807, 2.05) is 11.3 Å². The van der Waals surface area contributed by atoms with Crippen LogP contribution in [0, 0.1) is 0 Å². The highest BCUT2D eigenvalue weighted by molar-refractivity contribution is 9.10. The van der Waals surface area contributed by atoms with Crippen molar-refractivity contribution < 1.29 is 0 Å². The lowest BCUT2D eigenvalue weighted by Gasteiger charge is -2.33. The molecule has 0 radical (unpaired) electrons. The lowest BCUT2D eigenvalue weighted by molar-refractivity contribution is 0.295. The van der Waals surface area contributed by atoms with Gasteiger partial charge in [0.25, 0.3) is 0 Å². The van der Waals surface area contributed by atoms with E-state index in [2.05, 4.69) is 27.4 Å². The van der Waals surface area contributed by atoms with Crippen LogP contribution in [0.15, 0.2) is 15.9 Å². The summed E-state index contributed by atoms with van der Waals surface area (Å²) in [4.78, 5) is 1.41. The topological polar surface area (TPSA) is 26.0 Å². The summed E-state index contributed by atoms with van der Waals surface area (Å²) in [7, 11) is 0. The van der Waals surface area contributed by atoms with Crippen LogP contribution in [0.25, 0.3) is 0 Å². The summed E-state index contributed by atoms with van der Waals surface area (Å²) in [6.45, 7) is 0. The Morgan fingerprint density at radius 3 is 2.64 bits per heavy atom. The van der Waals surface area contributed by atoms with E-state index in [9.17, 15) is 0 Å². The molecule has 0 aromatic carbocycles. The van der Waals surface area contributed by atoms with E-state index in [0.29, 0.717) is 0 Å². The van der Waals surface area contributed by atoms with Gasteiger partial charge in [0, 0.05) is 21.3 Å². The van der Waals surface area contributed by atoms with Crippen LogP contribution in [0.2, 0.25) is 0 Å². The fraction of sp³-hybridized carbons (Fsp3) is 0.636. The Morgan fingerprint density at radius 2 is 2.07 bits per heavy atom. The first kappa shape index (κ1) is 10.7. The summed E-state index contributed by atoms with van der Waals surface area (Å²) < 4.78 is 1.23. The minimum Gasteiger partial charge on any atom is -0.325 e. The maximum Gasteiger partial charge on any atom is 0.0315 e. The molecule has 1 aromatic heterocycles. The molecule has 2 rings (SSSR count). The van der Waals surface area contributed by atoms with Gasteiger partial charge in [-0.25, -0.2) is 0 Å². The number of hydrogen-bond acceptors (Lipinski definition) is 2. The zero-order valence-corrected chi connectivity index (χ0v) is 10.7. The molecule has 1 aliphatic rings. The molecular weight excluding hydrogens is 258 g/mol. The Hall–Kier alpha value is 0.140. The second-order valence-corrected chi connectivity index (χ2v) is 6.15. The van der Waals surface area contributed by atoms with Gasteiger partial charge in [0.15, 0.2) is 0 Å². The van der Waals surface area contributed by atoms with Gasteiger partial charge in [-0.3, -0.25) is 0 Å². The van der Waals surface area contributed by atoms with E-state index in [1.54, 1.807) is 0 Å². The molecule has 0 spiro atoms. The average molecular weight is 274 g/mol. The SMILES string of the molecule is NC1(Cc2sccc2Br)CCCCC1. The van der Waals surface area contributed by atoms with E-state index < -0.39 is 0 Å². The van der Waals surface area contributed by atoms with Crippen LogP contribution in [0.3, 0.4) is 0 Å². The summed E-state index contributed by atoms with van der Waals surface area (Å²) in [5.74, 6) is 0. The highest BCUT2D eigenvalue weighted by atomic mass is 79.9. The molecule has 0 saturated heterocycles. The molecule has 0 amide bonds. The van der Waals surface area contributed by atoms with Crippen molar-refractivity contribution in [1.82, 2.24) is 0 Å². The third kappa shape index (κ3) is 2.38. The predicted molar refractivity (Wildman–Crippen MR) is 65.7 cm³/mol. The van der Waals surface area contributed by atoms with Crippen LogP contribution < -0.4 is 5.73 Å².